The SMILES string of the molecule is C1=CCCC(c2cc(-c3ccc(-c4ccc(-c5cc(-c6ccccc6)nc(-c6ccc(-c7ccccc7)cc6)n5)cc4)cc3)nc3c2ccc2ccc(-c4ccccc4)nc23)=C1. The van der Waals surface area contributed by atoms with Gasteiger partial charge in [-0.3, -0.25) is 0 Å². The molecular formula is C58H40N4. The number of rotatable bonds is 8. The van der Waals surface area contributed by atoms with Gasteiger partial charge in [-0.1, -0.05) is 200 Å². The van der Waals surface area contributed by atoms with E-state index in [9.17, 15) is 0 Å². The predicted octanol–water partition coefficient (Wildman–Crippen LogP) is 15.0. The molecule has 10 aromatic rings. The predicted molar refractivity (Wildman–Crippen MR) is 257 cm³/mol. The lowest BCUT2D eigenvalue weighted by Crippen LogP contribution is -1.97. The minimum absolute atomic E-state index is 0.697. The van der Waals surface area contributed by atoms with Crippen molar-refractivity contribution in [1.29, 1.82) is 0 Å². The van der Waals surface area contributed by atoms with E-state index in [0.29, 0.717) is 5.82 Å². The van der Waals surface area contributed by atoms with Crippen molar-refractivity contribution in [3.63, 3.8) is 0 Å². The summed E-state index contributed by atoms with van der Waals surface area (Å²) in [5.41, 5.74) is 17.9. The van der Waals surface area contributed by atoms with Gasteiger partial charge in [0.1, 0.15) is 0 Å². The standard InChI is InChI=1S/C58H40N4/c1-5-13-39(14-6-1)40-25-31-49(32-26-40)58-61-54(45-19-11-4-12-20-45)38-55(62-58)47-29-23-42(24-30-47)41-21-27-46(28-22-41)53-37-51(43-15-7-2-8-16-43)50-35-33-48-34-36-52(44-17-9-3-10-18-44)59-56(48)57(50)60-53/h1-7,9-15,17-38H,8,16H2. The molecule has 1 aliphatic carbocycles. The fraction of sp³-hybridized carbons (Fsp3) is 0.0345. The van der Waals surface area contributed by atoms with Crippen LogP contribution in [0.25, 0.3) is 106 Å². The normalized spacial score (nSPS) is 12.4. The molecule has 0 bridgehead atoms. The Morgan fingerprint density at radius 3 is 1.35 bits per heavy atom. The maximum absolute atomic E-state index is 5.37. The highest BCUT2D eigenvalue weighted by molar-refractivity contribution is 6.08. The highest BCUT2D eigenvalue weighted by Gasteiger charge is 2.17. The van der Waals surface area contributed by atoms with E-state index in [1.807, 2.05) is 30.3 Å². The van der Waals surface area contributed by atoms with E-state index < -0.39 is 0 Å². The molecule has 3 aromatic heterocycles. The molecule has 4 heteroatoms. The van der Waals surface area contributed by atoms with Crippen molar-refractivity contribution in [2.24, 2.45) is 0 Å². The molecule has 0 amide bonds. The van der Waals surface area contributed by atoms with Crippen LogP contribution in [0.4, 0.5) is 0 Å². The lowest BCUT2D eigenvalue weighted by molar-refractivity contribution is 1.06. The van der Waals surface area contributed by atoms with Crippen molar-refractivity contribution in [2.75, 3.05) is 0 Å². The van der Waals surface area contributed by atoms with Gasteiger partial charge in [-0.2, -0.15) is 0 Å². The fourth-order valence-corrected chi connectivity index (χ4v) is 8.47. The summed E-state index contributed by atoms with van der Waals surface area (Å²) >= 11 is 0. The number of pyridine rings is 2. The molecule has 11 rings (SSSR count). The van der Waals surface area contributed by atoms with Crippen LogP contribution < -0.4 is 0 Å². The van der Waals surface area contributed by atoms with Crippen LogP contribution in [0.2, 0.25) is 0 Å². The summed E-state index contributed by atoms with van der Waals surface area (Å²) in [4.78, 5) is 20.8. The van der Waals surface area contributed by atoms with Crippen molar-refractivity contribution in [1.82, 2.24) is 19.9 Å². The molecule has 0 spiro atoms. The Bertz CT molecular complexity index is 3280. The molecule has 292 valence electrons. The van der Waals surface area contributed by atoms with Crippen LogP contribution in [0, 0.1) is 0 Å². The number of allylic oxidation sites excluding steroid dienone is 4. The van der Waals surface area contributed by atoms with Crippen molar-refractivity contribution in [3.8, 4) is 78.7 Å². The Morgan fingerprint density at radius 2 is 0.790 bits per heavy atom. The third-order valence-electron chi connectivity index (χ3n) is 11.8. The number of benzene rings is 7. The second-order valence-electron chi connectivity index (χ2n) is 15.7. The maximum atomic E-state index is 5.37. The van der Waals surface area contributed by atoms with Gasteiger partial charge < -0.3 is 0 Å². The molecule has 0 saturated carbocycles. The molecule has 7 aromatic carbocycles. The molecule has 0 fully saturated rings. The Morgan fingerprint density at radius 1 is 0.339 bits per heavy atom. The van der Waals surface area contributed by atoms with E-state index in [1.165, 1.54) is 16.7 Å². The van der Waals surface area contributed by atoms with Gasteiger partial charge in [0.15, 0.2) is 5.82 Å². The van der Waals surface area contributed by atoms with Crippen molar-refractivity contribution in [3.05, 3.63) is 224 Å². The summed E-state index contributed by atoms with van der Waals surface area (Å²) < 4.78 is 0. The van der Waals surface area contributed by atoms with Crippen LogP contribution in [0.1, 0.15) is 18.4 Å². The molecule has 0 atom stereocenters. The van der Waals surface area contributed by atoms with Crippen LogP contribution in [0.5, 0.6) is 0 Å². The first-order chi connectivity index (χ1) is 30.7. The summed E-state index contributed by atoms with van der Waals surface area (Å²) in [6.45, 7) is 0. The first-order valence-corrected chi connectivity index (χ1v) is 21.2. The molecule has 4 nitrogen and oxygen atoms in total. The Labute approximate surface area is 361 Å². The molecule has 0 N–H and O–H groups in total. The zero-order valence-electron chi connectivity index (χ0n) is 34.0. The van der Waals surface area contributed by atoms with Gasteiger partial charge in [-0.25, -0.2) is 19.9 Å². The molecule has 1 aliphatic rings. The fourth-order valence-electron chi connectivity index (χ4n) is 8.47. The number of hydrogen-bond donors (Lipinski definition) is 0. The van der Waals surface area contributed by atoms with Gasteiger partial charge in [0.2, 0.25) is 0 Å². The van der Waals surface area contributed by atoms with E-state index in [2.05, 4.69) is 188 Å². The number of fused-ring (bicyclic) bond motifs is 3. The van der Waals surface area contributed by atoms with Crippen LogP contribution >= 0.6 is 0 Å². The largest absolute Gasteiger partial charge is 0.245 e. The first kappa shape index (κ1) is 37.0. The summed E-state index contributed by atoms with van der Waals surface area (Å²) in [5.74, 6) is 0.697. The van der Waals surface area contributed by atoms with Gasteiger partial charge in [0.25, 0.3) is 0 Å². The monoisotopic (exact) mass is 792 g/mol. The quantitative estimate of drug-likeness (QED) is 0.144. The summed E-state index contributed by atoms with van der Waals surface area (Å²) in [7, 11) is 0. The van der Waals surface area contributed by atoms with E-state index >= 15 is 0 Å². The summed E-state index contributed by atoms with van der Waals surface area (Å²) in [5, 5.41) is 2.21. The molecule has 0 saturated heterocycles. The smallest absolute Gasteiger partial charge is 0.160 e. The van der Waals surface area contributed by atoms with Crippen molar-refractivity contribution >= 4 is 27.4 Å². The topological polar surface area (TPSA) is 51.6 Å². The molecular weight excluding hydrogens is 753 g/mol. The van der Waals surface area contributed by atoms with Crippen LogP contribution in [0.3, 0.4) is 0 Å². The van der Waals surface area contributed by atoms with Crippen molar-refractivity contribution in [2.45, 2.75) is 12.8 Å². The Hall–Kier alpha value is -8.08. The van der Waals surface area contributed by atoms with Gasteiger partial charge in [0, 0.05) is 38.6 Å². The zero-order valence-corrected chi connectivity index (χ0v) is 34.0. The minimum Gasteiger partial charge on any atom is -0.245 e. The molecule has 3 heterocycles. The average Bonchev–Trinajstić information content (AvgIpc) is 3.37. The Balaban J connectivity index is 0.932. The third-order valence-corrected chi connectivity index (χ3v) is 11.8. The second-order valence-corrected chi connectivity index (χ2v) is 15.7. The lowest BCUT2D eigenvalue weighted by atomic mass is 9.92. The van der Waals surface area contributed by atoms with E-state index in [4.69, 9.17) is 19.9 Å². The van der Waals surface area contributed by atoms with Gasteiger partial charge in [-0.05, 0) is 64.4 Å². The van der Waals surface area contributed by atoms with Gasteiger partial charge in [0.05, 0.1) is 33.8 Å². The van der Waals surface area contributed by atoms with Crippen molar-refractivity contribution < 1.29 is 0 Å². The van der Waals surface area contributed by atoms with Crippen LogP contribution in [0.15, 0.2) is 218 Å². The summed E-state index contributed by atoms with van der Waals surface area (Å²) in [6, 6.07) is 70.1. The molecule has 62 heavy (non-hydrogen) atoms. The van der Waals surface area contributed by atoms with E-state index in [1.54, 1.807) is 0 Å². The number of hydrogen-bond acceptors (Lipinski definition) is 4. The molecule has 0 radical (unpaired) electrons. The highest BCUT2D eigenvalue weighted by atomic mass is 14.9. The first-order valence-electron chi connectivity index (χ1n) is 21.2. The summed E-state index contributed by atoms with van der Waals surface area (Å²) in [6.07, 6.45) is 8.68. The van der Waals surface area contributed by atoms with E-state index in [0.717, 1.165) is 102 Å². The van der Waals surface area contributed by atoms with E-state index in [-0.39, 0.29) is 0 Å². The number of nitrogens with zero attached hydrogens (tertiary/aromatic N) is 4. The third kappa shape index (κ3) is 7.29. The zero-order chi connectivity index (χ0) is 41.2. The van der Waals surface area contributed by atoms with Crippen LogP contribution in [-0.4, -0.2) is 19.9 Å². The lowest BCUT2D eigenvalue weighted by Gasteiger charge is -2.16. The van der Waals surface area contributed by atoms with Gasteiger partial charge >= 0.3 is 0 Å². The highest BCUT2D eigenvalue weighted by Crippen LogP contribution is 2.37. The average molecular weight is 793 g/mol. The molecule has 0 aliphatic heterocycles. The maximum Gasteiger partial charge on any atom is 0.160 e. The molecule has 0 unspecified atom stereocenters. The number of aromatic nitrogens is 4. The minimum atomic E-state index is 0.697. The Kier molecular flexibility index (Phi) is 9.64. The van der Waals surface area contributed by atoms with Crippen LogP contribution in [-0.2, 0) is 0 Å². The van der Waals surface area contributed by atoms with Gasteiger partial charge in [-0.15, -0.1) is 0 Å². The second kappa shape index (κ2) is 16.2.